The van der Waals surface area contributed by atoms with Crippen molar-refractivity contribution in [3.05, 3.63) is 54.1 Å². The lowest BCUT2D eigenvalue weighted by Gasteiger charge is -2.11. The maximum atomic E-state index is 12.0. The summed E-state index contributed by atoms with van der Waals surface area (Å²) >= 11 is 0. The predicted molar refractivity (Wildman–Crippen MR) is 94.0 cm³/mol. The second-order valence-corrected chi connectivity index (χ2v) is 5.24. The minimum Gasteiger partial charge on any atom is -0.493 e. The van der Waals surface area contributed by atoms with Crippen molar-refractivity contribution < 1.29 is 14.3 Å². The Morgan fingerprint density at radius 1 is 1.04 bits per heavy atom. The van der Waals surface area contributed by atoms with E-state index in [1.54, 1.807) is 12.1 Å². The first-order valence-corrected chi connectivity index (χ1v) is 7.67. The van der Waals surface area contributed by atoms with Gasteiger partial charge < -0.3 is 21.1 Å². The van der Waals surface area contributed by atoms with Gasteiger partial charge in [0.15, 0.2) is 0 Å². The quantitative estimate of drug-likeness (QED) is 0.727. The molecule has 2 aromatic rings. The van der Waals surface area contributed by atoms with E-state index in [0.29, 0.717) is 18.0 Å². The van der Waals surface area contributed by atoms with Gasteiger partial charge in [-0.2, -0.15) is 0 Å². The summed E-state index contributed by atoms with van der Waals surface area (Å²) in [6.07, 6.45) is 0.229. The van der Waals surface area contributed by atoms with Crippen LogP contribution in [0.1, 0.15) is 12.0 Å². The van der Waals surface area contributed by atoms with Gasteiger partial charge in [0.2, 0.25) is 11.8 Å². The number of amides is 2. The number of hydrogen-bond donors (Lipinski definition) is 3. The fourth-order valence-electron chi connectivity index (χ4n) is 2.04. The molecule has 24 heavy (non-hydrogen) atoms. The van der Waals surface area contributed by atoms with E-state index >= 15 is 0 Å². The molecule has 0 atom stereocenters. The maximum Gasteiger partial charge on any atom is 0.238 e. The van der Waals surface area contributed by atoms with Gasteiger partial charge in [-0.05, 0) is 36.8 Å². The van der Waals surface area contributed by atoms with E-state index < -0.39 is 0 Å². The van der Waals surface area contributed by atoms with Crippen LogP contribution in [0.4, 0.5) is 11.4 Å². The molecule has 0 unspecified atom stereocenters. The lowest BCUT2D eigenvalue weighted by Crippen LogP contribution is -2.22. The molecule has 6 heteroatoms. The highest BCUT2D eigenvalue weighted by Gasteiger charge is 2.07. The van der Waals surface area contributed by atoms with E-state index in [4.69, 9.17) is 10.5 Å². The summed E-state index contributed by atoms with van der Waals surface area (Å²) in [4.78, 5) is 23.4. The zero-order valence-corrected chi connectivity index (χ0v) is 13.5. The molecule has 0 aromatic heterocycles. The van der Waals surface area contributed by atoms with Gasteiger partial charge in [-0.3, -0.25) is 9.59 Å². The molecule has 0 heterocycles. The van der Waals surface area contributed by atoms with Crippen molar-refractivity contribution in [3.8, 4) is 5.75 Å². The van der Waals surface area contributed by atoms with Crippen molar-refractivity contribution in [1.82, 2.24) is 0 Å². The average molecular weight is 327 g/mol. The molecule has 2 rings (SSSR count). The molecule has 0 saturated carbocycles. The van der Waals surface area contributed by atoms with E-state index in [0.717, 1.165) is 11.3 Å². The van der Waals surface area contributed by atoms with Crippen LogP contribution < -0.4 is 21.1 Å². The first-order chi connectivity index (χ1) is 11.6. The summed E-state index contributed by atoms with van der Waals surface area (Å²) in [7, 11) is 0. The molecule has 2 amide bonds. The van der Waals surface area contributed by atoms with E-state index in [9.17, 15) is 9.59 Å². The SMILES string of the molecule is Cc1ccc(NC(=O)CCOc2ccccc2)cc1NC(=O)CN. The second kappa shape index (κ2) is 8.69. The lowest BCUT2D eigenvalue weighted by atomic mass is 10.1. The number of aryl methyl sites for hydroxylation is 1. The minimum atomic E-state index is -0.280. The Bertz CT molecular complexity index is 702. The first kappa shape index (κ1) is 17.5. The van der Waals surface area contributed by atoms with Crippen molar-refractivity contribution in [1.29, 1.82) is 0 Å². The van der Waals surface area contributed by atoms with Crippen molar-refractivity contribution >= 4 is 23.2 Å². The third kappa shape index (κ3) is 5.40. The minimum absolute atomic E-state index is 0.0904. The number of hydrogen-bond acceptors (Lipinski definition) is 4. The Hall–Kier alpha value is -2.86. The van der Waals surface area contributed by atoms with Crippen molar-refractivity contribution in [2.75, 3.05) is 23.8 Å². The van der Waals surface area contributed by atoms with Crippen molar-refractivity contribution in [3.63, 3.8) is 0 Å². The van der Waals surface area contributed by atoms with Gasteiger partial charge in [0.1, 0.15) is 5.75 Å². The van der Waals surface area contributed by atoms with Crippen LogP contribution in [0.5, 0.6) is 5.75 Å². The number of nitrogens with one attached hydrogen (secondary N) is 2. The molecule has 0 radical (unpaired) electrons. The Morgan fingerprint density at radius 3 is 2.50 bits per heavy atom. The van der Waals surface area contributed by atoms with Crippen molar-refractivity contribution in [2.24, 2.45) is 5.73 Å². The topological polar surface area (TPSA) is 93.5 Å². The van der Waals surface area contributed by atoms with Gasteiger partial charge in [0.25, 0.3) is 0 Å². The summed E-state index contributed by atoms with van der Waals surface area (Å²) in [5.74, 6) is 0.288. The molecular formula is C18H21N3O3. The summed E-state index contributed by atoms with van der Waals surface area (Å²) in [6.45, 7) is 2.07. The van der Waals surface area contributed by atoms with Crippen LogP contribution >= 0.6 is 0 Å². The molecule has 4 N–H and O–H groups in total. The van der Waals surface area contributed by atoms with Gasteiger partial charge in [0, 0.05) is 11.4 Å². The standard InChI is InChI=1S/C18H21N3O3/c1-13-7-8-14(11-16(13)21-18(23)12-19)20-17(22)9-10-24-15-5-3-2-4-6-15/h2-8,11H,9-10,12,19H2,1H3,(H,20,22)(H,21,23). The summed E-state index contributed by atoms with van der Waals surface area (Å²) in [6, 6.07) is 14.6. The molecule has 0 aliphatic heterocycles. The molecule has 0 saturated heterocycles. The lowest BCUT2D eigenvalue weighted by molar-refractivity contribution is -0.117. The number of rotatable bonds is 7. The van der Waals surface area contributed by atoms with Gasteiger partial charge in [0.05, 0.1) is 19.6 Å². The number of carbonyl (C=O) groups is 2. The highest BCUT2D eigenvalue weighted by atomic mass is 16.5. The van der Waals surface area contributed by atoms with Crippen LogP contribution in [-0.4, -0.2) is 25.0 Å². The smallest absolute Gasteiger partial charge is 0.238 e. The highest BCUT2D eigenvalue weighted by Crippen LogP contribution is 2.20. The molecule has 2 aromatic carbocycles. The van der Waals surface area contributed by atoms with Gasteiger partial charge in [-0.15, -0.1) is 0 Å². The van der Waals surface area contributed by atoms with E-state index in [1.807, 2.05) is 43.3 Å². The Morgan fingerprint density at radius 2 is 1.79 bits per heavy atom. The molecule has 0 aliphatic rings. The number of ether oxygens (including phenoxy) is 1. The molecule has 0 bridgehead atoms. The zero-order chi connectivity index (χ0) is 17.4. The van der Waals surface area contributed by atoms with Crippen LogP contribution in [-0.2, 0) is 9.59 Å². The van der Waals surface area contributed by atoms with E-state index in [2.05, 4.69) is 10.6 Å². The third-order valence-electron chi connectivity index (χ3n) is 3.32. The normalized spacial score (nSPS) is 10.1. The predicted octanol–water partition coefficient (Wildman–Crippen LogP) is 2.30. The number of benzene rings is 2. The molecule has 0 aliphatic carbocycles. The maximum absolute atomic E-state index is 12.0. The fourth-order valence-corrected chi connectivity index (χ4v) is 2.04. The van der Waals surface area contributed by atoms with E-state index in [1.165, 1.54) is 0 Å². The summed E-state index contributed by atoms with van der Waals surface area (Å²) in [5, 5.41) is 5.48. The summed E-state index contributed by atoms with van der Waals surface area (Å²) < 4.78 is 5.49. The Balaban J connectivity index is 1.87. The largest absolute Gasteiger partial charge is 0.493 e. The number of para-hydroxylation sites is 1. The first-order valence-electron chi connectivity index (χ1n) is 7.67. The van der Waals surface area contributed by atoms with Gasteiger partial charge in [-0.25, -0.2) is 0 Å². The zero-order valence-electron chi connectivity index (χ0n) is 13.5. The summed E-state index contributed by atoms with van der Waals surface area (Å²) in [5.41, 5.74) is 7.42. The third-order valence-corrected chi connectivity index (χ3v) is 3.32. The molecular weight excluding hydrogens is 306 g/mol. The van der Waals surface area contributed by atoms with Crippen LogP contribution in [0.25, 0.3) is 0 Å². The van der Waals surface area contributed by atoms with Gasteiger partial charge in [-0.1, -0.05) is 24.3 Å². The Labute approximate surface area is 141 Å². The van der Waals surface area contributed by atoms with Crippen LogP contribution in [0.3, 0.4) is 0 Å². The van der Waals surface area contributed by atoms with Gasteiger partial charge >= 0.3 is 0 Å². The van der Waals surface area contributed by atoms with Crippen LogP contribution in [0.2, 0.25) is 0 Å². The monoisotopic (exact) mass is 327 g/mol. The second-order valence-electron chi connectivity index (χ2n) is 5.24. The fraction of sp³-hybridized carbons (Fsp3) is 0.222. The number of nitrogens with two attached hydrogens (primary N) is 1. The molecule has 6 nitrogen and oxygen atoms in total. The molecule has 0 spiro atoms. The molecule has 126 valence electrons. The van der Waals surface area contributed by atoms with Crippen LogP contribution in [0, 0.1) is 6.92 Å². The van der Waals surface area contributed by atoms with Crippen LogP contribution in [0.15, 0.2) is 48.5 Å². The van der Waals surface area contributed by atoms with Crippen molar-refractivity contribution in [2.45, 2.75) is 13.3 Å². The number of anilines is 2. The molecule has 0 fully saturated rings. The highest BCUT2D eigenvalue weighted by molar-refractivity contribution is 5.95. The average Bonchev–Trinajstić information content (AvgIpc) is 2.58. The number of carbonyl (C=O) groups excluding carboxylic acids is 2. The van der Waals surface area contributed by atoms with E-state index in [-0.39, 0.29) is 24.8 Å². The Kier molecular flexibility index (Phi) is 6.33.